The highest BCUT2D eigenvalue weighted by Crippen LogP contribution is 2.44. The summed E-state index contributed by atoms with van der Waals surface area (Å²) >= 11 is 0.377. The van der Waals surface area contributed by atoms with Crippen molar-refractivity contribution in [2.45, 2.75) is 107 Å². The van der Waals surface area contributed by atoms with Crippen LogP contribution in [0.5, 0.6) is 5.75 Å². The first kappa shape index (κ1) is 41.5. The fraction of sp³-hybridized carbons (Fsp3) is 0.550. The van der Waals surface area contributed by atoms with E-state index in [4.69, 9.17) is 4.74 Å². The predicted molar refractivity (Wildman–Crippen MR) is 194 cm³/mol. The molecule has 0 radical (unpaired) electrons. The average Bonchev–Trinajstić information content (AvgIpc) is 3.65. The van der Waals surface area contributed by atoms with Crippen LogP contribution in [0.1, 0.15) is 103 Å². The van der Waals surface area contributed by atoms with Gasteiger partial charge in [0.25, 0.3) is 11.8 Å². The summed E-state index contributed by atoms with van der Waals surface area (Å²) < 4.78 is 89.7. The summed E-state index contributed by atoms with van der Waals surface area (Å²) in [6.45, 7) is 1.78. The highest BCUT2D eigenvalue weighted by atomic mass is 32.1. The third-order valence-electron chi connectivity index (χ3n) is 11.6. The van der Waals surface area contributed by atoms with Crippen LogP contribution in [0.3, 0.4) is 0 Å². The molecule has 0 bridgehead atoms. The van der Waals surface area contributed by atoms with Crippen LogP contribution in [-0.2, 0) is 34.0 Å². The van der Waals surface area contributed by atoms with Gasteiger partial charge in [0.1, 0.15) is 16.3 Å². The number of benzene rings is 1. The first-order valence-corrected chi connectivity index (χ1v) is 19.9. The zero-order valence-corrected chi connectivity index (χ0v) is 31.7. The van der Waals surface area contributed by atoms with Gasteiger partial charge in [-0.15, -0.1) is 11.3 Å². The minimum absolute atomic E-state index is 0.0282. The van der Waals surface area contributed by atoms with Gasteiger partial charge in [-0.25, -0.2) is 0 Å². The fourth-order valence-electron chi connectivity index (χ4n) is 8.77. The number of piperidine rings is 2. The number of nitrogens with zero attached hydrogens (tertiary/aromatic N) is 3. The Bertz CT molecular complexity index is 1890. The standard InChI is InChI=1S/C40H45F6N3O6S/c1-2-7-31-38(55-28-23-32(56-24-28)40(44,45)46,15-6-19-49(31)34(50)33-30(39(41,42)43)10-5-18-47-33)36(53)48-20-16-37(54,17-21-48)29-9-4-3-8-27(29)22-25-11-13-26(14-12-25)35(51)52/h3-5,8-10,18,23-26,31,54H,2,6-7,11-17,19-22H2,1H3,(H,51,52)/t25?,26?,31-,38+/m1/s1. The number of pyridine rings is 1. The number of carboxylic acid groups (broad SMARTS) is 1. The summed E-state index contributed by atoms with van der Waals surface area (Å²) in [6.07, 6.45) is -4.49. The number of ether oxygens (including phenoxy) is 1. The molecule has 1 saturated carbocycles. The number of halogens is 6. The van der Waals surface area contributed by atoms with Gasteiger partial charge < -0.3 is 24.7 Å². The van der Waals surface area contributed by atoms with Gasteiger partial charge in [0.05, 0.1) is 23.1 Å². The largest absolute Gasteiger partial charge is 0.481 e. The third kappa shape index (κ3) is 8.55. The second kappa shape index (κ2) is 16.4. The molecule has 2 amide bonds. The molecule has 0 unspecified atom stereocenters. The molecule has 2 N–H and O–H groups in total. The molecule has 1 aromatic carbocycles. The second-order valence-corrected chi connectivity index (χ2v) is 16.1. The van der Waals surface area contributed by atoms with E-state index in [0.29, 0.717) is 42.6 Å². The molecule has 6 rings (SSSR count). The van der Waals surface area contributed by atoms with E-state index in [1.807, 2.05) is 24.3 Å². The fourth-order valence-corrected chi connectivity index (χ4v) is 9.45. The molecule has 1 aliphatic carbocycles. The lowest BCUT2D eigenvalue weighted by Crippen LogP contribution is -2.68. The van der Waals surface area contributed by atoms with Gasteiger partial charge in [0.15, 0.2) is 0 Å². The summed E-state index contributed by atoms with van der Waals surface area (Å²) in [4.78, 5) is 46.0. The first-order chi connectivity index (χ1) is 26.5. The van der Waals surface area contributed by atoms with Crippen LogP contribution in [-0.4, -0.2) is 74.1 Å². The lowest BCUT2D eigenvalue weighted by atomic mass is 9.75. The highest BCUT2D eigenvalue weighted by molar-refractivity contribution is 7.10. The summed E-state index contributed by atoms with van der Waals surface area (Å²) in [5.41, 5.74) is -3.76. The Labute approximate surface area is 324 Å². The van der Waals surface area contributed by atoms with Crippen LogP contribution < -0.4 is 4.74 Å². The van der Waals surface area contributed by atoms with Crippen molar-refractivity contribution in [2.75, 3.05) is 19.6 Å². The Kier molecular flexibility index (Phi) is 12.1. The number of likely N-dealkylation sites (tertiary alicyclic amines) is 2. The van der Waals surface area contributed by atoms with E-state index in [9.17, 15) is 50.9 Å². The number of carboxylic acids is 1. The summed E-state index contributed by atoms with van der Waals surface area (Å²) in [6, 6.07) is 8.92. The maximum atomic E-state index is 15.0. The van der Waals surface area contributed by atoms with Gasteiger partial charge in [-0.1, -0.05) is 37.6 Å². The molecular formula is C40H45F6N3O6S. The number of amides is 2. The van der Waals surface area contributed by atoms with Gasteiger partial charge in [-0.3, -0.25) is 19.4 Å². The smallest absolute Gasteiger partial charge is 0.425 e. The van der Waals surface area contributed by atoms with Crippen LogP contribution >= 0.6 is 11.3 Å². The Morgan fingerprint density at radius 3 is 2.27 bits per heavy atom. The molecule has 2 saturated heterocycles. The van der Waals surface area contributed by atoms with E-state index in [0.717, 1.165) is 53.1 Å². The molecule has 0 spiro atoms. The topological polar surface area (TPSA) is 120 Å². The van der Waals surface area contributed by atoms with Crippen molar-refractivity contribution in [1.29, 1.82) is 0 Å². The monoisotopic (exact) mass is 809 g/mol. The zero-order valence-electron chi connectivity index (χ0n) is 30.9. The Morgan fingerprint density at radius 2 is 1.64 bits per heavy atom. The molecule has 3 aliphatic rings. The lowest BCUT2D eigenvalue weighted by molar-refractivity contribution is -0.163. The van der Waals surface area contributed by atoms with Crippen LogP contribution in [0.4, 0.5) is 26.3 Å². The number of aliphatic carboxylic acids is 1. The van der Waals surface area contributed by atoms with Gasteiger partial charge in [0, 0.05) is 43.7 Å². The average molecular weight is 810 g/mol. The molecule has 9 nitrogen and oxygen atoms in total. The number of hydrogen-bond donors (Lipinski definition) is 2. The van der Waals surface area contributed by atoms with Gasteiger partial charge in [-0.05, 0) is 87.0 Å². The predicted octanol–water partition coefficient (Wildman–Crippen LogP) is 8.35. The number of rotatable bonds is 10. The second-order valence-electron chi connectivity index (χ2n) is 15.2. The van der Waals surface area contributed by atoms with Crippen molar-refractivity contribution < 1.29 is 55.7 Å². The van der Waals surface area contributed by atoms with E-state index >= 15 is 0 Å². The molecule has 3 fully saturated rings. The number of thiophene rings is 1. The minimum atomic E-state index is -4.91. The molecule has 2 atom stereocenters. The van der Waals surface area contributed by atoms with Crippen molar-refractivity contribution in [1.82, 2.24) is 14.8 Å². The molecule has 56 heavy (non-hydrogen) atoms. The number of alkyl halides is 6. The number of aliphatic hydroxyl groups is 1. The minimum Gasteiger partial charge on any atom is -0.481 e. The number of aromatic nitrogens is 1. The molecule has 2 aliphatic heterocycles. The van der Waals surface area contributed by atoms with E-state index in [2.05, 4.69) is 4.98 Å². The van der Waals surface area contributed by atoms with Crippen molar-refractivity contribution in [2.24, 2.45) is 11.8 Å². The summed E-state index contributed by atoms with van der Waals surface area (Å²) in [5, 5.41) is 22.7. The molecule has 2 aromatic heterocycles. The van der Waals surface area contributed by atoms with Crippen LogP contribution in [0, 0.1) is 11.8 Å². The maximum Gasteiger partial charge on any atom is 0.425 e. The van der Waals surface area contributed by atoms with Gasteiger partial charge in [-0.2, -0.15) is 26.3 Å². The molecule has 3 aromatic rings. The quantitative estimate of drug-likeness (QED) is 0.198. The summed E-state index contributed by atoms with van der Waals surface area (Å²) in [7, 11) is 0. The van der Waals surface area contributed by atoms with Crippen molar-refractivity contribution in [3.63, 3.8) is 0 Å². The van der Waals surface area contributed by atoms with E-state index in [-0.39, 0.29) is 69.3 Å². The van der Waals surface area contributed by atoms with Crippen LogP contribution in [0.25, 0.3) is 0 Å². The van der Waals surface area contributed by atoms with Crippen LogP contribution in [0.15, 0.2) is 54.0 Å². The van der Waals surface area contributed by atoms with Gasteiger partial charge >= 0.3 is 18.3 Å². The van der Waals surface area contributed by atoms with E-state index < -0.39 is 63.5 Å². The zero-order chi connectivity index (χ0) is 40.5. The summed E-state index contributed by atoms with van der Waals surface area (Å²) in [5.74, 6) is -2.85. The molecular weight excluding hydrogens is 765 g/mol. The lowest BCUT2D eigenvalue weighted by Gasteiger charge is -2.51. The molecule has 4 heterocycles. The van der Waals surface area contributed by atoms with Crippen molar-refractivity contribution >= 4 is 29.1 Å². The Balaban J connectivity index is 1.29. The highest BCUT2D eigenvalue weighted by Gasteiger charge is 2.57. The van der Waals surface area contributed by atoms with Crippen molar-refractivity contribution in [3.05, 3.63) is 81.3 Å². The number of carbonyl (C=O) groups is 3. The number of hydrogen-bond acceptors (Lipinski definition) is 7. The maximum absolute atomic E-state index is 15.0. The molecule has 16 heteroatoms. The Morgan fingerprint density at radius 1 is 0.946 bits per heavy atom. The van der Waals surface area contributed by atoms with E-state index in [1.54, 1.807) is 6.92 Å². The normalized spacial score (nSPS) is 24.5. The molecule has 304 valence electrons. The Hall–Kier alpha value is -4.18. The SMILES string of the molecule is CCC[C@H]1N(C(=O)c2ncccc2C(F)(F)F)CCC[C@@]1(Oc1csc(C(F)(F)F)c1)C(=O)N1CCC(O)(c2ccccc2CC2CCC(C(=O)O)CC2)CC1. The van der Waals surface area contributed by atoms with Crippen molar-refractivity contribution in [3.8, 4) is 5.75 Å². The third-order valence-corrected chi connectivity index (χ3v) is 12.6. The van der Waals surface area contributed by atoms with Gasteiger partial charge in [0.2, 0.25) is 5.60 Å². The first-order valence-electron chi connectivity index (χ1n) is 19.0. The van der Waals surface area contributed by atoms with E-state index in [1.165, 1.54) is 4.90 Å². The number of carbonyl (C=O) groups excluding carboxylic acids is 2. The van der Waals surface area contributed by atoms with Crippen LogP contribution in [0.2, 0.25) is 0 Å².